The summed E-state index contributed by atoms with van der Waals surface area (Å²) in [6.45, 7) is -0.402. The van der Waals surface area contributed by atoms with E-state index in [1.54, 1.807) is 30.3 Å². The first-order chi connectivity index (χ1) is 13.1. The van der Waals surface area contributed by atoms with E-state index in [-0.39, 0.29) is 69.5 Å². The molecule has 32 heavy (non-hydrogen) atoms. The van der Waals surface area contributed by atoms with E-state index in [2.05, 4.69) is 0 Å². The van der Waals surface area contributed by atoms with Gasteiger partial charge in [0.2, 0.25) is 5.43 Å². The van der Waals surface area contributed by atoms with Crippen LogP contribution < -0.4 is 44.8 Å². The Bertz CT molecular complexity index is 982. The maximum absolute atomic E-state index is 12.4. The van der Waals surface area contributed by atoms with E-state index in [1.165, 1.54) is 16.8 Å². The van der Waals surface area contributed by atoms with Crippen molar-refractivity contribution in [2.45, 2.75) is 19.3 Å². The third-order valence-corrected chi connectivity index (χ3v) is 4.07. The Morgan fingerprint density at radius 2 is 1.47 bits per heavy atom. The summed E-state index contributed by atoms with van der Waals surface area (Å²) in [5, 5.41) is 22.0. The minimum Gasteiger partial charge on any atom is -0.548 e. The fourth-order valence-electron chi connectivity index (χ4n) is 2.80. The number of carboxylic acids is 1. The number of aliphatic hydroxyl groups excluding tert-OH is 1. The number of hydrogen-bond donors (Lipinski definition) is 1. The van der Waals surface area contributed by atoms with Crippen LogP contribution in [-0.2, 0) is 17.9 Å². The van der Waals surface area contributed by atoms with Crippen molar-refractivity contribution in [2.24, 2.45) is 0 Å². The van der Waals surface area contributed by atoms with Crippen molar-refractivity contribution in [1.29, 1.82) is 0 Å². The predicted molar refractivity (Wildman–Crippen MR) is 111 cm³/mol. The number of rotatable bonds is 7. The minimum absolute atomic E-state index is 0. The number of aliphatic carboxylic acids is 1. The van der Waals surface area contributed by atoms with Gasteiger partial charge in [-0.15, -0.1) is 0 Å². The van der Waals surface area contributed by atoms with Crippen molar-refractivity contribution in [3.05, 3.63) is 100.0 Å². The molecule has 1 unspecified atom stereocenters. The van der Waals surface area contributed by atoms with Gasteiger partial charge in [0.15, 0.2) is 5.75 Å². The molecule has 1 atom stereocenters. The van der Waals surface area contributed by atoms with Crippen LogP contribution in [0.25, 0.3) is 0 Å². The van der Waals surface area contributed by atoms with Gasteiger partial charge >= 0.3 is 29.6 Å². The third-order valence-electron chi connectivity index (χ3n) is 4.07. The Labute approximate surface area is 206 Å². The normalized spacial score (nSPS) is 9.91. The molecule has 0 saturated carbocycles. The Balaban J connectivity index is -0.00000168. The standard InChI is InChI=1S/C21H19NO5.Na.4H2O/c23-17-11-12-22(13-18(24)25)19(20(26)16-9-5-2-6-10-16)21(17)27-14-15-7-3-1-4-8-15;;;;;/h1-12,20,26H,13-14H2,(H,24,25);;4*1H2/q;+1;;;;/p-1. The van der Waals surface area contributed by atoms with Crippen LogP contribution in [0.3, 0.4) is 0 Å². The van der Waals surface area contributed by atoms with Crippen LogP contribution in [-0.4, -0.2) is 37.5 Å². The SMILES string of the molecule is O.O.O.O.O=C([O-])Cn1ccc(=O)c(OCc2ccccc2)c1C(O)c1ccccc1.[Na+]. The molecule has 0 amide bonds. The quantitative estimate of drug-likeness (QED) is 0.342. The second-order valence-corrected chi connectivity index (χ2v) is 5.98. The molecular formula is C21H26NNaO9. The number of carbonyl (C=O) groups excluding carboxylic acids is 1. The van der Waals surface area contributed by atoms with Gasteiger partial charge in [-0.25, -0.2) is 0 Å². The Kier molecular flexibility index (Phi) is 17.2. The number of aromatic nitrogens is 1. The molecule has 9 N–H and O–H groups in total. The van der Waals surface area contributed by atoms with E-state index in [0.717, 1.165) is 5.56 Å². The first-order valence-electron chi connectivity index (χ1n) is 8.39. The van der Waals surface area contributed by atoms with Gasteiger partial charge in [-0.2, -0.15) is 0 Å². The van der Waals surface area contributed by atoms with Gasteiger partial charge in [0.05, 0.1) is 18.2 Å². The molecule has 1 heterocycles. The van der Waals surface area contributed by atoms with Gasteiger partial charge < -0.3 is 46.2 Å². The summed E-state index contributed by atoms with van der Waals surface area (Å²) in [4.78, 5) is 23.5. The third kappa shape index (κ3) is 8.54. The number of pyridine rings is 1. The molecule has 3 aromatic rings. The minimum atomic E-state index is -1.34. The van der Waals surface area contributed by atoms with Crippen LogP contribution in [0.5, 0.6) is 5.75 Å². The van der Waals surface area contributed by atoms with Gasteiger partial charge in [-0.3, -0.25) is 4.79 Å². The van der Waals surface area contributed by atoms with Crippen LogP contribution >= 0.6 is 0 Å². The molecular weight excluding hydrogens is 433 g/mol. The van der Waals surface area contributed by atoms with Gasteiger partial charge in [0.25, 0.3) is 0 Å². The van der Waals surface area contributed by atoms with Gasteiger partial charge in [-0.05, 0) is 11.1 Å². The zero-order valence-electron chi connectivity index (χ0n) is 17.4. The molecule has 0 saturated heterocycles. The van der Waals surface area contributed by atoms with Crippen molar-refractivity contribution in [3.8, 4) is 5.75 Å². The molecule has 3 rings (SSSR count). The second-order valence-electron chi connectivity index (χ2n) is 5.98. The summed E-state index contributed by atoms with van der Waals surface area (Å²) in [6.07, 6.45) is 0.0832. The monoisotopic (exact) mass is 459 g/mol. The number of nitrogens with zero attached hydrogens (tertiary/aromatic N) is 1. The summed E-state index contributed by atoms with van der Waals surface area (Å²) >= 11 is 0. The van der Waals surface area contributed by atoms with Crippen LogP contribution in [0.15, 0.2) is 77.7 Å². The maximum Gasteiger partial charge on any atom is 1.00 e. The predicted octanol–water partition coefficient (Wildman–Crippen LogP) is -5.04. The number of ether oxygens (including phenoxy) is 1. The molecule has 0 aliphatic carbocycles. The summed E-state index contributed by atoms with van der Waals surface area (Å²) in [5.41, 5.74) is 0.992. The summed E-state index contributed by atoms with van der Waals surface area (Å²) < 4.78 is 6.97. The molecule has 2 aromatic carbocycles. The first kappa shape index (κ1) is 34.1. The number of hydrogen-bond acceptors (Lipinski definition) is 5. The molecule has 1 aromatic heterocycles. The van der Waals surface area contributed by atoms with Gasteiger partial charge in [0, 0.05) is 12.3 Å². The molecule has 0 aliphatic heterocycles. The second kappa shape index (κ2) is 16.1. The van der Waals surface area contributed by atoms with Crippen molar-refractivity contribution in [1.82, 2.24) is 4.57 Å². The van der Waals surface area contributed by atoms with Crippen LogP contribution in [0.1, 0.15) is 22.9 Å². The number of benzene rings is 2. The van der Waals surface area contributed by atoms with E-state index in [0.29, 0.717) is 5.56 Å². The Hall–Kier alpha value is -2.54. The molecule has 10 nitrogen and oxygen atoms in total. The van der Waals surface area contributed by atoms with Crippen LogP contribution in [0, 0.1) is 0 Å². The smallest absolute Gasteiger partial charge is 0.548 e. The Morgan fingerprint density at radius 1 is 0.938 bits per heavy atom. The van der Waals surface area contributed by atoms with Crippen molar-refractivity contribution >= 4 is 5.97 Å². The summed E-state index contributed by atoms with van der Waals surface area (Å²) in [5.74, 6) is -1.42. The molecule has 0 bridgehead atoms. The van der Waals surface area contributed by atoms with E-state index < -0.39 is 24.0 Å². The number of carboxylic acid groups (broad SMARTS) is 1. The van der Waals surface area contributed by atoms with Gasteiger partial charge in [0.1, 0.15) is 12.7 Å². The number of carbonyl (C=O) groups is 1. The van der Waals surface area contributed by atoms with Crippen LogP contribution in [0.4, 0.5) is 0 Å². The molecule has 11 heteroatoms. The Morgan fingerprint density at radius 3 is 2.00 bits per heavy atom. The van der Waals surface area contributed by atoms with Gasteiger partial charge in [-0.1, -0.05) is 60.7 Å². The fourth-order valence-corrected chi connectivity index (χ4v) is 2.80. The topological polar surface area (TPSA) is 218 Å². The fraction of sp³-hybridized carbons (Fsp3) is 0.143. The van der Waals surface area contributed by atoms with Crippen molar-refractivity contribution < 1.29 is 71.2 Å². The average molecular weight is 459 g/mol. The summed E-state index contributed by atoms with van der Waals surface area (Å²) in [6, 6.07) is 19.1. The first-order valence-corrected chi connectivity index (χ1v) is 8.39. The summed E-state index contributed by atoms with van der Waals surface area (Å²) in [7, 11) is 0. The van der Waals surface area contributed by atoms with Crippen molar-refractivity contribution in [3.63, 3.8) is 0 Å². The van der Waals surface area contributed by atoms with E-state index >= 15 is 0 Å². The average Bonchev–Trinajstić information content (AvgIpc) is 2.68. The molecule has 0 aliphatic rings. The van der Waals surface area contributed by atoms with Crippen LogP contribution in [0.2, 0.25) is 0 Å². The van der Waals surface area contributed by atoms with Crippen molar-refractivity contribution in [2.75, 3.05) is 0 Å². The van der Waals surface area contributed by atoms with E-state index in [9.17, 15) is 19.8 Å². The molecule has 170 valence electrons. The van der Waals surface area contributed by atoms with E-state index in [1.807, 2.05) is 30.3 Å². The largest absolute Gasteiger partial charge is 1.00 e. The molecule has 0 fully saturated rings. The van der Waals surface area contributed by atoms with E-state index in [4.69, 9.17) is 4.74 Å². The molecule has 0 spiro atoms. The molecule has 0 radical (unpaired) electrons. The zero-order chi connectivity index (χ0) is 19.2. The number of aliphatic hydroxyl groups is 1. The maximum atomic E-state index is 12.4. The zero-order valence-corrected chi connectivity index (χ0v) is 19.4.